The van der Waals surface area contributed by atoms with Gasteiger partial charge in [0.15, 0.2) is 5.78 Å². The van der Waals surface area contributed by atoms with Crippen molar-refractivity contribution in [3.05, 3.63) is 244 Å². The van der Waals surface area contributed by atoms with E-state index in [1.807, 2.05) is 12.1 Å². The second-order valence-electron chi connectivity index (χ2n) is 17.2. The van der Waals surface area contributed by atoms with Gasteiger partial charge in [-0.1, -0.05) is 179 Å². The van der Waals surface area contributed by atoms with Gasteiger partial charge in [0.25, 0.3) is 0 Å². The first kappa shape index (κ1) is 34.5. The first-order chi connectivity index (χ1) is 28.2. The lowest BCUT2D eigenvalue weighted by atomic mass is 9.59. The highest BCUT2D eigenvalue weighted by Crippen LogP contribution is 2.56. The Morgan fingerprint density at radius 1 is 0.362 bits per heavy atom. The van der Waals surface area contributed by atoms with Gasteiger partial charge in [-0.2, -0.15) is 0 Å². The van der Waals surface area contributed by atoms with Crippen LogP contribution < -0.4 is 4.90 Å². The second kappa shape index (κ2) is 12.4. The fourth-order valence-electron chi connectivity index (χ4n) is 10.7. The molecule has 0 aromatic heterocycles. The van der Waals surface area contributed by atoms with Crippen LogP contribution >= 0.6 is 0 Å². The van der Waals surface area contributed by atoms with E-state index in [2.05, 4.69) is 209 Å². The summed E-state index contributed by atoms with van der Waals surface area (Å²) >= 11 is 0. The molecule has 0 spiro atoms. The molecule has 0 saturated carbocycles. The number of hydrogen-bond donors (Lipinski definition) is 0. The largest absolute Gasteiger partial charge is 0.310 e. The van der Waals surface area contributed by atoms with Gasteiger partial charge < -0.3 is 4.90 Å². The minimum absolute atomic E-state index is 0.0704. The molecular weight excluding hydrogens is 703 g/mol. The average molecular weight is 746 g/mol. The van der Waals surface area contributed by atoms with Crippen molar-refractivity contribution in [1.82, 2.24) is 0 Å². The molecule has 1 aliphatic heterocycles. The first-order valence-electron chi connectivity index (χ1n) is 20.4. The van der Waals surface area contributed by atoms with E-state index in [0.29, 0.717) is 0 Å². The lowest BCUT2D eigenvalue weighted by Crippen LogP contribution is -2.38. The third-order valence-corrected chi connectivity index (χ3v) is 13.5. The van der Waals surface area contributed by atoms with E-state index in [-0.39, 0.29) is 16.6 Å². The van der Waals surface area contributed by atoms with Crippen LogP contribution in [0.5, 0.6) is 0 Å². The highest BCUT2D eigenvalue weighted by Gasteiger charge is 2.46. The molecule has 2 aliphatic carbocycles. The molecule has 0 fully saturated rings. The maximum atomic E-state index is 14.4. The van der Waals surface area contributed by atoms with Gasteiger partial charge in [0, 0.05) is 27.6 Å². The summed E-state index contributed by atoms with van der Waals surface area (Å²) in [6.07, 6.45) is 0. The van der Waals surface area contributed by atoms with Crippen LogP contribution in [-0.2, 0) is 16.2 Å². The van der Waals surface area contributed by atoms with Crippen LogP contribution in [0.4, 0.5) is 17.1 Å². The number of para-hydroxylation sites is 2. The van der Waals surface area contributed by atoms with Crippen LogP contribution in [0.25, 0.3) is 22.3 Å². The number of anilines is 3. The number of nitrogens with zero attached hydrogens (tertiary/aromatic N) is 1. The summed E-state index contributed by atoms with van der Waals surface area (Å²) in [5, 5.41) is 0. The Morgan fingerprint density at radius 3 is 1.47 bits per heavy atom. The van der Waals surface area contributed by atoms with Crippen molar-refractivity contribution in [3.8, 4) is 22.3 Å². The quantitative estimate of drug-likeness (QED) is 0.179. The molecule has 0 N–H and O–H groups in total. The predicted octanol–water partition coefficient (Wildman–Crippen LogP) is 13.7. The van der Waals surface area contributed by atoms with Crippen LogP contribution in [0.1, 0.15) is 88.1 Å². The first-order valence-corrected chi connectivity index (χ1v) is 20.4. The van der Waals surface area contributed by atoms with E-state index in [1.54, 1.807) is 0 Å². The van der Waals surface area contributed by atoms with Crippen LogP contribution in [0.3, 0.4) is 0 Å². The van der Waals surface area contributed by atoms with Gasteiger partial charge in [-0.15, -0.1) is 0 Å². The van der Waals surface area contributed by atoms with Crippen molar-refractivity contribution in [1.29, 1.82) is 0 Å². The van der Waals surface area contributed by atoms with Crippen molar-refractivity contribution in [3.63, 3.8) is 0 Å². The molecule has 2 heteroatoms. The van der Waals surface area contributed by atoms with Gasteiger partial charge in [0.1, 0.15) is 0 Å². The number of hydrogen-bond acceptors (Lipinski definition) is 2. The summed E-state index contributed by atoms with van der Waals surface area (Å²) in [7, 11) is 0. The third-order valence-electron chi connectivity index (χ3n) is 13.5. The van der Waals surface area contributed by atoms with E-state index in [1.165, 1.54) is 44.8 Å². The smallest absolute Gasteiger partial charge is 0.193 e. The maximum absolute atomic E-state index is 14.4. The molecule has 0 saturated heterocycles. The molecule has 8 aromatic carbocycles. The number of ketones is 1. The topological polar surface area (TPSA) is 20.3 Å². The van der Waals surface area contributed by atoms with Gasteiger partial charge in [0.05, 0.1) is 16.8 Å². The van der Waals surface area contributed by atoms with E-state index < -0.39 is 5.41 Å². The fourth-order valence-corrected chi connectivity index (χ4v) is 10.7. The maximum Gasteiger partial charge on any atom is 0.193 e. The minimum atomic E-state index is -0.686. The van der Waals surface area contributed by atoms with E-state index in [0.717, 1.165) is 50.2 Å². The summed E-state index contributed by atoms with van der Waals surface area (Å²) in [5.41, 5.74) is 18.5. The number of fused-ring (bicyclic) bond motifs is 7. The summed E-state index contributed by atoms with van der Waals surface area (Å²) < 4.78 is 0. The number of carbonyl (C=O) groups is 1. The molecule has 0 atom stereocenters. The Kier molecular flexibility index (Phi) is 7.35. The lowest BCUT2D eigenvalue weighted by Gasteiger charge is -2.42. The van der Waals surface area contributed by atoms with Crippen LogP contribution in [0.2, 0.25) is 0 Å². The SMILES string of the molecule is CC1(C)c2ccc(-c3ccc4c(c3)C(c3ccccc3)(c3ccccc3)c3ccccc3C4=O)cc2-c2cc(N3c4ccccc4C(C)(C)c4ccccc43)ccc21. The van der Waals surface area contributed by atoms with Crippen LogP contribution in [0, 0.1) is 0 Å². The molecule has 1 heterocycles. The standard InChI is InChI=1S/C56H43NO/c1-54(2)45-31-28-36(33-43(45)44-35-40(29-32-46(44)54)57-51-25-15-13-23-48(51)55(3,4)49-24-14-16-26-52(49)57)37-27-30-42-50(34-37)56(38-17-7-5-8-18-38,39-19-9-6-10-20-39)47-22-12-11-21-41(47)53(42)58/h5-35H,1-4H3. The van der Waals surface area contributed by atoms with Gasteiger partial charge >= 0.3 is 0 Å². The molecule has 0 unspecified atom stereocenters. The van der Waals surface area contributed by atoms with Crippen LogP contribution in [0.15, 0.2) is 188 Å². The van der Waals surface area contributed by atoms with Crippen LogP contribution in [-0.4, -0.2) is 5.78 Å². The molecular formula is C56H43NO. The minimum Gasteiger partial charge on any atom is -0.310 e. The zero-order valence-corrected chi connectivity index (χ0v) is 33.3. The van der Waals surface area contributed by atoms with Gasteiger partial charge in [0.2, 0.25) is 0 Å². The Morgan fingerprint density at radius 2 is 0.828 bits per heavy atom. The summed E-state index contributed by atoms with van der Waals surface area (Å²) in [5.74, 6) is 0.0704. The Balaban J connectivity index is 1.10. The Labute approximate surface area is 341 Å². The molecule has 0 amide bonds. The summed E-state index contributed by atoms with van der Waals surface area (Å²) in [6.45, 7) is 9.37. The Hall–Kier alpha value is -6.77. The van der Waals surface area contributed by atoms with Gasteiger partial charge in [-0.05, 0) is 103 Å². The van der Waals surface area contributed by atoms with Crippen molar-refractivity contribution in [2.45, 2.75) is 43.9 Å². The molecule has 58 heavy (non-hydrogen) atoms. The zero-order chi connectivity index (χ0) is 39.4. The molecule has 2 nitrogen and oxygen atoms in total. The molecule has 3 aliphatic rings. The number of rotatable bonds is 4. The highest BCUT2D eigenvalue weighted by atomic mass is 16.1. The number of benzene rings is 8. The van der Waals surface area contributed by atoms with Gasteiger partial charge in [-0.3, -0.25) is 4.79 Å². The zero-order valence-electron chi connectivity index (χ0n) is 33.3. The molecule has 11 rings (SSSR count). The monoisotopic (exact) mass is 745 g/mol. The van der Waals surface area contributed by atoms with Crippen molar-refractivity contribution in [2.75, 3.05) is 4.90 Å². The third kappa shape index (κ3) is 4.63. The van der Waals surface area contributed by atoms with E-state index in [4.69, 9.17) is 0 Å². The molecule has 0 radical (unpaired) electrons. The summed E-state index contributed by atoms with van der Waals surface area (Å²) in [6, 6.07) is 67.9. The fraction of sp³-hybridized carbons (Fsp3) is 0.125. The van der Waals surface area contributed by atoms with Gasteiger partial charge in [-0.25, -0.2) is 0 Å². The molecule has 278 valence electrons. The van der Waals surface area contributed by atoms with E-state index in [9.17, 15) is 4.79 Å². The van der Waals surface area contributed by atoms with Crippen molar-refractivity contribution in [2.24, 2.45) is 0 Å². The Bertz CT molecular complexity index is 2880. The molecule has 0 bridgehead atoms. The highest BCUT2D eigenvalue weighted by molar-refractivity contribution is 6.14. The van der Waals surface area contributed by atoms with Crippen molar-refractivity contribution >= 4 is 22.8 Å². The summed E-state index contributed by atoms with van der Waals surface area (Å²) in [4.78, 5) is 16.9. The van der Waals surface area contributed by atoms with E-state index >= 15 is 0 Å². The molecule has 8 aromatic rings. The average Bonchev–Trinajstić information content (AvgIpc) is 3.49. The van der Waals surface area contributed by atoms with Crippen molar-refractivity contribution < 1.29 is 4.79 Å². The number of carbonyl (C=O) groups excluding carboxylic acids is 1. The lowest BCUT2D eigenvalue weighted by molar-refractivity contribution is 0.103. The second-order valence-corrected chi connectivity index (χ2v) is 17.2. The predicted molar refractivity (Wildman–Crippen MR) is 238 cm³/mol. The normalized spacial score (nSPS) is 16.0.